The Morgan fingerprint density at radius 2 is 0.594 bits per heavy atom. The van der Waals surface area contributed by atoms with Crippen molar-refractivity contribution in [2.75, 3.05) is 13.2 Å². The van der Waals surface area contributed by atoms with Crippen molar-refractivity contribution >= 4 is 17.9 Å². The molecule has 0 aromatic rings. The zero-order valence-electron chi connectivity index (χ0n) is 45.3. The molecule has 0 N–H and O–H groups in total. The van der Waals surface area contributed by atoms with Gasteiger partial charge >= 0.3 is 17.9 Å². The molecular formula is C63H108O6. The van der Waals surface area contributed by atoms with Crippen molar-refractivity contribution in [2.24, 2.45) is 0 Å². The minimum absolute atomic E-state index is 0.1000. The first kappa shape index (κ1) is 65.6. The predicted molar refractivity (Wildman–Crippen MR) is 297 cm³/mol. The number of unbranched alkanes of at least 4 members (excludes halogenated alkanes) is 27. The average molecular weight is 962 g/mol. The Kier molecular flexibility index (Phi) is 54.3. The molecule has 6 nitrogen and oxygen atoms in total. The van der Waals surface area contributed by atoms with Gasteiger partial charge in [0.15, 0.2) is 6.10 Å². The van der Waals surface area contributed by atoms with Gasteiger partial charge in [-0.2, -0.15) is 0 Å². The van der Waals surface area contributed by atoms with E-state index in [4.69, 9.17) is 14.2 Å². The van der Waals surface area contributed by atoms with Crippen LogP contribution in [0.1, 0.15) is 278 Å². The molecule has 0 aromatic heterocycles. The van der Waals surface area contributed by atoms with Gasteiger partial charge in [0, 0.05) is 19.3 Å². The Labute approximate surface area is 426 Å². The minimum atomic E-state index is -0.807. The lowest BCUT2D eigenvalue weighted by Gasteiger charge is -2.18. The molecular weight excluding hydrogens is 853 g/mol. The molecule has 1 atom stereocenters. The van der Waals surface area contributed by atoms with Gasteiger partial charge in [-0.1, -0.05) is 260 Å². The first-order valence-electron chi connectivity index (χ1n) is 29.1. The largest absolute Gasteiger partial charge is 0.462 e. The summed E-state index contributed by atoms with van der Waals surface area (Å²) >= 11 is 0. The zero-order chi connectivity index (χ0) is 50.0. The van der Waals surface area contributed by atoms with E-state index < -0.39 is 6.10 Å². The Bertz CT molecular complexity index is 1330. The fourth-order valence-corrected chi connectivity index (χ4v) is 8.05. The first-order chi connectivity index (χ1) is 34.0. The second-order valence-corrected chi connectivity index (χ2v) is 19.2. The molecule has 6 heteroatoms. The summed E-state index contributed by atoms with van der Waals surface area (Å²) in [5, 5.41) is 0. The maximum absolute atomic E-state index is 12.9. The molecule has 0 aliphatic carbocycles. The maximum Gasteiger partial charge on any atom is 0.306 e. The smallest absolute Gasteiger partial charge is 0.306 e. The van der Waals surface area contributed by atoms with Crippen molar-refractivity contribution < 1.29 is 28.6 Å². The third-order valence-electron chi connectivity index (χ3n) is 12.4. The van der Waals surface area contributed by atoms with E-state index in [0.29, 0.717) is 19.3 Å². The molecule has 0 rings (SSSR count). The highest BCUT2D eigenvalue weighted by Crippen LogP contribution is 2.16. The van der Waals surface area contributed by atoms with Gasteiger partial charge in [0.2, 0.25) is 0 Å². The quantitative estimate of drug-likeness (QED) is 0.0262. The molecule has 0 aliphatic rings. The Morgan fingerprint density at radius 1 is 0.304 bits per heavy atom. The molecule has 0 aliphatic heterocycles. The third kappa shape index (κ3) is 55.4. The molecule has 0 bridgehead atoms. The van der Waals surface area contributed by atoms with Crippen LogP contribution in [-0.4, -0.2) is 37.2 Å². The Hall–Kier alpha value is -3.41. The number of ether oxygens (including phenoxy) is 3. The van der Waals surface area contributed by atoms with E-state index in [-0.39, 0.29) is 37.5 Å². The van der Waals surface area contributed by atoms with Crippen molar-refractivity contribution in [3.63, 3.8) is 0 Å². The number of rotatable bonds is 52. The number of allylic oxidation sites excluding steroid dienone is 14. The standard InChI is InChI=1S/C63H108O6/c1-4-7-10-13-16-19-22-25-28-30-31-33-35-38-41-44-47-50-53-56-62(65)68-59-60(58-67-61(64)55-52-49-46-43-40-37-34-27-24-21-18-15-12-9-6-3)69-63(66)57-54-51-48-45-42-39-36-32-29-26-23-20-17-14-11-8-5-2/h7,10,16,19,21,24-25,28,31,33,38,41,47,50,60H,4-6,8-9,11-15,17-18,20,22-23,26-27,29-30,32,34-37,39-40,42-46,48-49,51-59H2,1-3H3/b10-7+,19-16+,24-21+,28-25+,33-31+,41-38+,50-47+/t60-/m1/s1. The van der Waals surface area contributed by atoms with Gasteiger partial charge in [-0.25, -0.2) is 0 Å². The van der Waals surface area contributed by atoms with E-state index in [0.717, 1.165) is 77.0 Å². The van der Waals surface area contributed by atoms with Crippen molar-refractivity contribution in [2.45, 2.75) is 284 Å². The molecule has 0 unspecified atom stereocenters. The average Bonchev–Trinajstić information content (AvgIpc) is 3.35. The van der Waals surface area contributed by atoms with Crippen molar-refractivity contribution in [1.29, 1.82) is 0 Å². The van der Waals surface area contributed by atoms with E-state index >= 15 is 0 Å². The summed E-state index contributed by atoms with van der Waals surface area (Å²) in [6.07, 6.45) is 74.4. The van der Waals surface area contributed by atoms with Crippen LogP contribution in [0.25, 0.3) is 0 Å². The molecule has 0 radical (unpaired) electrons. The molecule has 0 fully saturated rings. The van der Waals surface area contributed by atoms with Crippen LogP contribution in [0.3, 0.4) is 0 Å². The van der Waals surface area contributed by atoms with Crippen LogP contribution in [0.2, 0.25) is 0 Å². The van der Waals surface area contributed by atoms with Gasteiger partial charge < -0.3 is 14.2 Å². The molecule has 0 spiro atoms. The van der Waals surface area contributed by atoms with Gasteiger partial charge in [0.05, 0.1) is 0 Å². The first-order valence-corrected chi connectivity index (χ1v) is 29.1. The van der Waals surface area contributed by atoms with E-state index in [1.54, 1.807) is 0 Å². The summed E-state index contributed by atoms with van der Waals surface area (Å²) in [4.78, 5) is 38.1. The van der Waals surface area contributed by atoms with Crippen molar-refractivity contribution in [1.82, 2.24) is 0 Å². The van der Waals surface area contributed by atoms with Crippen LogP contribution in [-0.2, 0) is 28.6 Å². The maximum atomic E-state index is 12.9. The fraction of sp³-hybridized carbons (Fsp3) is 0.730. The molecule has 0 saturated heterocycles. The number of carbonyl (C=O) groups is 3. The molecule has 0 saturated carbocycles. The van der Waals surface area contributed by atoms with E-state index in [9.17, 15) is 14.4 Å². The lowest BCUT2D eigenvalue weighted by atomic mass is 10.0. The highest BCUT2D eigenvalue weighted by Gasteiger charge is 2.19. The number of hydrogen-bond donors (Lipinski definition) is 0. The molecule has 0 amide bonds. The van der Waals surface area contributed by atoms with Gasteiger partial charge in [-0.15, -0.1) is 0 Å². The third-order valence-corrected chi connectivity index (χ3v) is 12.4. The van der Waals surface area contributed by atoms with Crippen LogP contribution in [0.15, 0.2) is 85.1 Å². The Balaban J connectivity index is 4.48. The summed E-state index contributed by atoms with van der Waals surface area (Å²) in [5.74, 6) is -0.983. The zero-order valence-corrected chi connectivity index (χ0v) is 45.3. The highest BCUT2D eigenvalue weighted by molar-refractivity contribution is 5.71. The minimum Gasteiger partial charge on any atom is -0.462 e. The lowest BCUT2D eigenvalue weighted by Crippen LogP contribution is -2.30. The normalized spacial score (nSPS) is 12.7. The topological polar surface area (TPSA) is 78.9 Å². The van der Waals surface area contributed by atoms with Crippen LogP contribution in [0.5, 0.6) is 0 Å². The van der Waals surface area contributed by atoms with E-state index in [1.165, 1.54) is 154 Å². The summed E-state index contributed by atoms with van der Waals surface area (Å²) < 4.78 is 16.8. The van der Waals surface area contributed by atoms with E-state index in [1.807, 2.05) is 6.08 Å². The van der Waals surface area contributed by atoms with Gasteiger partial charge in [0.1, 0.15) is 13.2 Å². The Morgan fingerprint density at radius 3 is 0.986 bits per heavy atom. The fourth-order valence-electron chi connectivity index (χ4n) is 8.05. The van der Waals surface area contributed by atoms with E-state index in [2.05, 4.69) is 99.8 Å². The van der Waals surface area contributed by atoms with Crippen LogP contribution in [0, 0.1) is 0 Å². The molecule has 0 heterocycles. The summed E-state index contributed by atoms with van der Waals surface area (Å²) in [5.41, 5.74) is 0. The number of carbonyl (C=O) groups excluding carboxylic acids is 3. The monoisotopic (exact) mass is 961 g/mol. The molecule has 0 aromatic carbocycles. The molecule has 69 heavy (non-hydrogen) atoms. The number of hydrogen-bond acceptors (Lipinski definition) is 6. The predicted octanol–water partition coefficient (Wildman–Crippen LogP) is 19.5. The van der Waals surface area contributed by atoms with Gasteiger partial charge in [-0.05, 0) is 83.5 Å². The summed E-state index contributed by atoms with van der Waals surface area (Å²) in [6.45, 7) is 6.47. The second-order valence-electron chi connectivity index (χ2n) is 19.2. The van der Waals surface area contributed by atoms with Crippen molar-refractivity contribution in [3.05, 3.63) is 85.1 Å². The van der Waals surface area contributed by atoms with Gasteiger partial charge in [-0.3, -0.25) is 14.4 Å². The highest BCUT2D eigenvalue weighted by atomic mass is 16.6. The van der Waals surface area contributed by atoms with Gasteiger partial charge in [0.25, 0.3) is 0 Å². The van der Waals surface area contributed by atoms with Crippen LogP contribution >= 0.6 is 0 Å². The number of esters is 3. The summed E-state index contributed by atoms with van der Waals surface area (Å²) in [6, 6.07) is 0. The second kappa shape index (κ2) is 57.2. The van der Waals surface area contributed by atoms with Crippen LogP contribution < -0.4 is 0 Å². The summed E-state index contributed by atoms with van der Waals surface area (Å²) in [7, 11) is 0. The van der Waals surface area contributed by atoms with Crippen molar-refractivity contribution in [3.8, 4) is 0 Å². The SMILES string of the molecule is CC/C=C/C/C=C/C/C=C/C/C=C/C/C=C/C/C=C/CCC(=O)OC[C@@H](COC(=O)CCCCCCCCC/C=C/CCCCCC)OC(=O)CCCCCCCCCCCCCCCCCCC. The lowest BCUT2D eigenvalue weighted by molar-refractivity contribution is -0.166. The molecule has 396 valence electrons. The van der Waals surface area contributed by atoms with Crippen LogP contribution in [0.4, 0.5) is 0 Å².